The van der Waals surface area contributed by atoms with E-state index in [9.17, 15) is 14.3 Å². The summed E-state index contributed by atoms with van der Waals surface area (Å²) in [6, 6.07) is 4.62. The maximum absolute atomic E-state index is 11.9. The first-order valence-corrected chi connectivity index (χ1v) is 7.33. The van der Waals surface area contributed by atoms with Gasteiger partial charge in [-0.15, -0.1) is 0 Å². The van der Waals surface area contributed by atoms with E-state index in [0.717, 1.165) is 0 Å². The van der Waals surface area contributed by atoms with Crippen molar-refractivity contribution >= 4 is 16.5 Å². The van der Waals surface area contributed by atoms with E-state index in [1.54, 1.807) is 6.07 Å². The summed E-state index contributed by atoms with van der Waals surface area (Å²) in [5.74, 6) is 1.16. The molecule has 6 nitrogen and oxygen atoms in total. The van der Waals surface area contributed by atoms with E-state index in [4.69, 9.17) is 10.5 Å². The number of methoxy groups -OCH3 is 1. The van der Waals surface area contributed by atoms with Gasteiger partial charge in [-0.25, -0.2) is 0 Å². The van der Waals surface area contributed by atoms with E-state index >= 15 is 0 Å². The van der Waals surface area contributed by atoms with Crippen molar-refractivity contribution in [3.8, 4) is 5.75 Å². The van der Waals surface area contributed by atoms with Crippen molar-refractivity contribution in [2.75, 3.05) is 19.4 Å². The quantitative estimate of drug-likeness (QED) is 0.604. The number of nitro groups is 1. The van der Waals surface area contributed by atoms with Crippen molar-refractivity contribution in [3.05, 3.63) is 33.9 Å². The van der Waals surface area contributed by atoms with Crippen LogP contribution in [0.2, 0.25) is 0 Å². The van der Waals surface area contributed by atoms with Gasteiger partial charge in [-0.2, -0.15) is 0 Å². The lowest BCUT2D eigenvalue weighted by molar-refractivity contribution is -0.385. The highest BCUT2D eigenvalue weighted by Gasteiger charge is 2.16. The van der Waals surface area contributed by atoms with Crippen molar-refractivity contribution in [3.63, 3.8) is 0 Å². The topological polar surface area (TPSA) is 95.5 Å². The lowest BCUT2D eigenvalue weighted by Gasteiger charge is -2.08. The SMILES string of the molecule is COc1ccc(CS(=O)CC(C)CN)cc1[N+](=O)[O-]. The number of nitrogens with zero attached hydrogens (tertiary/aromatic N) is 1. The Hall–Kier alpha value is -1.47. The second-order valence-electron chi connectivity index (χ2n) is 4.36. The largest absolute Gasteiger partial charge is 0.490 e. The molecule has 2 atom stereocenters. The summed E-state index contributed by atoms with van der Waals surface area (Å²) in [6.45, 7) is 2.41. The van der Waals surface area contributed by atoms with Crippen LogP contribution in [0.5, 0.6) is 5.75 Å². The molecule has 106 valence electrons. The zero-order chi connectivity index (χ0) is 14.4. The molecule has 2 unspecified atom stereocenters. The van der Waals surface area contributed by atoms with Gasteiger partial charge in [-0.1, -0.05) is 13.0 Å². The molecular weight excluding hydrogens is 268 g/mol. The van der Waals surface area contributed by atoms with Gasteiger partial charge in [0.25, 0.3) is 0 Å². The molecule has 1 rings (SSSR count). The van der Waals surface area contributed by atoms with Crippen LogP contribution in [0.3, 0.4) is 0 Å². The lowest BCUT2D eigenvalue weighted by Crippen LogP contribution is -2.18. The molecule has 2 N–H and O–H groups in total. The molecule has 0 saturated heterocycles. The molecule has 0 aliphatic rings. The van der Waals surface area contributed by atoms with Gasteiger partial charge < -0.3 is 10.5 Å². The molecule has 0 fully saturated rings. The first-order valence-electron chi connectivity index (χ1n) is 5.84. The molecule has 0 aromatic heterocycles. The fraction of sp³-hybridized carbons (Fsp3) is 0.500. The zero-order valence-corrected chi connectivity index (χ0v) is 11.8. The van der Waals surface area contributed by atoms with E-state index in [-0.39, 0.29) is 23.1 Å². The highest BCUT2D eigenvalue weighted by atomic mass is 32.2. The van der Waals surface area contributed by atoms with Gasteiger partial charge in [0, 0.05) is 28.4 Å². The van der Waals surface area contributed by atoms with Crippen LogP contribution in [-0.4, -0.2) is 28.5 Å². The average molecular weight is 286 g/mol. The molecule has 0 saturated carbocycles. The maximum atomic E-state index is 11.9. The first-order chi connectivity index (χ1) is 8.97. The lowest BCUT2D eigenvalue weighted by atomic mass is 10.2. The van der Waals surface area contributed by atoms with E-state index in [1.807, 2.05) is 6.92 Å². The Morgan fingerprint density at radius 2 is 2.21 bits per heavy atom. The van der Waals surface area contributed by atoms with Crippen LogP contribution in [0.4, 0.5) is 5.69 Å². The van der Waals surface area contributed by atoms with Crippen molar-refractivity contribution in [1.82, 2.24) is 0 Å². The number of hydrogen-bond acceptors (Lipinski definition) is 5. The highest BCUT2D eigenvalue weighted by molar-refractivity contribution is 7.84. The van der Waals surface area contributed by atoms with Crippen LogP contribution in [-0.2, 0) is 16.6 Å². The molecule has 0 aliphatic heterocycles. The van der Waals surface area contributed by atoms with Crippen LogP contribution < -0.4 is 10.5 Å². The van der Waals surface area contributed by atoms with E-state index in [1.165, 1.54) is 19.2 Å². The molecule has 1 aromatic rings. The third-order valence-electron chi connectivity index (χ3n) is 2.64. The van der Waals surface area contributed by atoms with E-state index in [0.29, 0.717) is 17.9 Å². The standard InChI is InChI=1S/C12H18N2O4S/c1-9(6-13)7-19(17)8-10-3-4-12(18-2)11(5-10)14(15)16/h3-5,9H,6-8,13H2,1-2H3. The van der Waals surface area contributed by atoms with Gasteiger partial charge in [0.2, 0.25) is 0 Å². The zero-order valence-electron chi connectivity index (χ0n) is 11.0. The van der Waals surface area contributed by atoms with Crippen LogP contribution >= 0.6 is 0 Å². The monoisotopic (exact) mass is 286 g/mol. The summed E-state index contributed by atoms with van der Waals surface area (Å²) in [4.78, 5) is 10.4. The Morgan fingerprint density at radius 3 is 2.74 bits per heavy atom. The van der Waals surface area contributed by atoms with Crippen molar-refractivity contribution in [1.29, 1.82) is 0 Å². The van der Waals surface area contributed by atoms with Crippen LogP contribution in [0, 0.1) is 16.0 Å². The number of ether oxygens (including phenoxy) is 1. The molecule has 7 heteroatoms. The van der Waals surface area contributed by atoms with Crippen molar-refractivity contribution < 1.29 is 13.9 Å². The van der Waals surface area contributed by atoms with Crippen LogP contribution in [0.25, 0.3) is 0 Å². The van der Waals surface area contributed by atoms with E-state index < -0.39 is 15.7 Å². The summed E-state index contributed by atoms with van der Waals surface area (Å²) in [6.07, 6.45) is 0. The molecule has 0 aliphatic carbocycles. The normalized spacial score (nSPS) is 13.8. The van der Waals surface area contributed by atoms with Gasteiger partial charge >= 0.3 is 5.69 Å². The number of hydrogen-bond donors (Lipinski definition) is 1. The number of nitro benzene ring substituents is 1. The number of benzene rings is 1. The van der Waals surface area contributed by atoms with Gasteiger partial charge in [0.15, 0.2) is 5.75 Å². The van der Waals surface area contributed by atoms with Gasteiger partial charge in [0.1, 0.15) is 0 Å². The molecule has 0 heterocycles. The van der Waals surface area contributed by atoms with Crippen LogP contribution in [0.1, 0.15) is 12.5 Å². The Morgan fingerprint density at radius 1 is 1.53 bits per heavy atom. The summed E-state index contributed by atoms with van der Waals surface area (Å²) in [5.41, 5.74) is 6.03. The fourth-order valence-electron chi connectivity index (χ4n) is 1.60. The molecule has 1 aromatic carbocycles. The maximum Gasteiger partial charge on any atom is 0.311 e. The second kappa shape index (κ2) is 7.20. The van der Waals surface area contributed by atoms with Gasteiger partial charge in [0.05, 0.1) is 12.0 Å². The minimum absolute atomic E-state index is 0.108. The average Bonchev–Trinajstić information content (AvgIpc) is 2.38. The predicted octanol–water partition coefficient (Wildman–Crippen LogP) is 1.45. The van der Waals surface area contributed by atoms with Crippen molar-refractivity contribution in [2.45, 2.75) is 12.7 Å². The minimum Gasteiger partial charge on any atom is -0.490 e. The minimum atomic E-state index is -1.07. The Balaban J connectivity index is 2.82. The summed E-state index contributed by atoms with van der Waals surface area (Å²) in [7, 11) is 0.304. The third-order valence-corrected chi connectivity index (χ3v) is 4.24. The van der Waals surface area contributed by atoms with Crippen LogP contribution in [0.15, 0.2) is 18.2 Å². The first kappa shape index (κ1) is 15.6. The molecule has 19 heavy (non-hydrogen) atoms. The molecule has 0 bridgehead atoms. The van der Waals surface area contributed by atoms with Gasteiger partial charge in [-0.3, -0.25) is 14.3 Å². The molecular formula is C12H18N2O4S. The summed E-state index contributed by atoms with van der Waals surface area (Å²) >= 11 is 0. The highest BCUT2D eigenvalue weighted by Crippen LogP contribution is 2.28. The molecule has 0 radical (unpaired) electrons. The Labute approximate surface area is 114 Å². The Kier molecular flexibility index (Phi) is 5.91. The number of rotatable bonds is 7. The third kappa shape index (κ3) is 4.60. The molecule has 0 spiro atoms. The predicted molar refractivity (Wildman–Crippen MR) is 74.6 cm³/mol. The second-order valence-corrected chi connectivity index (χ2v) is 5.86. The molecule has 0 amide bonds. The number of nitrogens with two attached hydrogens (primary N) is 1. The smallest absolute Gasteiger partial charge is 0.311 e. The summed E-state index contributed by atoms with van der Waals surface area (Å²) in [5, 5.41) is 10.9. The van der Waals surface area contributed by atoms with Gasteiger partial charge in [-0.05, 0) is 24.1 Å². The fourth-order valence-corrected chi connectivity index (χ4v) is 3.04. The van der Waals surface area contributed by atoms with Crippen molar-refractivity contribution in [2.24, 2.45) is 11.7 Å². The Bertz CT molecular complexity index is 479. The van der Waals surface area contributed by atoms with E-state index in [2.05, 4.69) is 0 Å². The summed E-state index contributed by atoms with van der Waals surface area (Å²) < 4.78 is 16.8.